The van der Waals surface area contributed by atoms with Crippen molar-refractivity contribution in [2.75, 3.05) is 0 Å². The molecule has 3 nitrogen and oxygen atoms in total. The third kappa shape index (κ3) is 2.88. The van der Waals surface area contributed by atoms with Crippen LogP contribution < -0.4 is 0 Å². The van der Waals surface area contributed by atoms with E-state index in [0.717, 1.165) is 32.1 Å². The predicted octanol–water partition coefficient (Wildman–Crippen LogP) is 3.59. The van der Waals surface area contributed by atoms with Crippen molar-refractivity contribution < 1.29 is 13.2 Å². The molecular formula is C17H24O3S. The molecule has 2 saturated heterocycles. The summed E-state index contributed by atoms with van der Waals surface area (Å²) in [6.07, 6.45) is 6.16. The molecule has 2 aliphatic rings. The zero-order chi connectivity index (χ0) is 14.9. The summed E-state index contributed by atoms with van der Waals surface area (Å²) in [5, 5.41) is -0.266. The lowest BCUT2D eigenvalue weighted by molar-refractivity contribution is -0.0324. The van der Waals surface area contributed by atoms with Crippen molar-refractivity contribution in [2.24, 2.45) is 5.92 Å². The Labute approximate surface area is 127 Å². The van der Waals surface area contributed by atoms with E-state index in [-0.39, 0.29) is 23.4 Å². The zero-order valence-electron chi connectivity index (χ0n) is 12.6. The van der Waals surface area contributed by atoms with E-state index in [1.807, 2.05) is 18.2 Å². The average molecular weight is 308 g/mol. The Bertz CT molecular complexity index is 567. The first-order valence-electron chi connectivity index (χ1n) is 8.07. The fourth-order valence-corrected chi connectivity index (χ4v) is 5.97. The molecule has 2 aliphatic heterocycles. The fraction of sp³-hybridized carbons (Fsp3) is 0.647. The minimum absolute atomic E-state index is 0.149. The van der Waals surface area contributed by atoms with E-state index in [4.69, 9.17) is 4.74 Å². The Balaban J connectivity index is 1.90. The summed E-state index contributed by atoms with van der Waals surface area (Å²) in [7, 11) is -3.25. The number of hydrogen-bond donors (Lipinski definition) is 0. The molecule has 116 valence electrons. The lowest BCUT2D eigenvalue weighted by atomic mass is 9.90. The number of benzene rings is 1. The van der Waals surface area contributed by atoms with Gasteiger partial charge in [0, 0.05) is 5.92 Å². The van der Waals surface area contributed by atoms with Crippen LogP contribution in [0.25, 0.3) is 0 Å². The van der Waals surface area contributed by atoms with Crippen LogP contribution in [-0.2, 0) is 14.6 Å². The van der Waals surface area contributed by atoms with Crippen LogP contribution in [0.1, 0.15) is 45.4 Å². The van der Waals surface area contributed by atoms with Gasteiger partial charge >= 0.3 is 0 Å². The Kier molecular flexibility index (Phi) is 4.36. The van der Waals surface area contributed by atoms with E-state index in [2.05, 4.69) is 6.92 Å². The van der Waals surface area contributed by atoms with E-state index in [9.17, 15) is 8.42 Å². The SMILES string of the molecule is CCCC[C@H]1[C@@H]2CC[C@H](C[C@H]1S(=O)(=O)c1ccccc1)O2. The molecular weight excluding hydrogens is 284 g/mol. The molecule has 21 heavy (non-hydrogen) atoms. The zero-order valence-corrected chi connectivity index (χ0v) is 13.4. The molecule has 0 aromatic heterocycles. The highest BCUT2D eigenvalue weighted by Gasteiger charge is 2.47. The molecule has 0 N–H and O–H groups in total. The molecule has 0 unspecified atom stereocenters. The van der Waals surface area contributed by atoms with E-state index in [0.29, 0.717) is 11.3 Å². The minimum atomic E-state index is -3.25. The first-order valence-corrected chi connectivity index (χ1v) is 9.62. The second-order valence-corrected chi connectivity index (χ2v) is 8.48. The van der Waals surface area contributed by atoms with Gasteiger partial charge in [-0.1, -0.05) is 38.0 Å². The molecule has 2 bridgehead atoms. The maximum atomic E-state index is 13.0. The monoisotopic (exact) mass is 308 g/mol. The number of fused-ring (bicyclic) bond motifs is 2. The lowest BCUT2D eigenvalue weighted by Crippen LogP contribution is -2.43. The highest BCUT2D eigenvalue weighted by atomic mass is 32.2. The standard InChI is InChI=1S/C17H24O3S/c1-2-3-9-15-16-11-10-13(20-16)12-17(15)21(18,19)14-7-5-4-6-8-14/h4-8,13,15-17H,2-3,9-12H2,1H3/t13-,15+,16+,17-/m1/s1. The molecule has 1 aromatic rings. The largest absolute Gasteiger partial charge is 0.375 e. The Hall–Kier alpha value is -0.870. The summed E-state index contributed by atoms with van der Waals surface area (Å²) < 4.78 is 32.1. The first-order chi connectivity index (χ1) is 10.1. The highest BCUT2D eigenvalue weighted by molar-refractivity contribution is 7.92. The van der Waals surface area contributed by atoms with Gasteiger partial charge in [0.2, 0.25) is 0 Å². The second-order valence-electron chi connectivity index (χ2n) is 6.31. The van der Waals surface area contributed by atoms with Gasteiger partial charge in [0.05, 0.1) is 22.4 Å². The van der Waals surface area contributed by atoms with Crippen LogP contribution in [-0.4, -0.2) is 25.9 Å². The third-order valence-electron chi connectivity index (χ3n) is 4.95. The number of hydrogen-bond acceptors (Lipinski definition) is 3. The van der Waals surface area contributed by atoms with Crippen LogP contribution >= 0.6 is 0 Å². The lowest BCUT2D eigenvalue weighted by Gasteiger charge is -2.36. The van der Waals surface area contributed by atoms with Crippen molar-refractivity contribution in [3.8, 4) is 0 Å². The molecule has 4 atom stereocenters. The summed E-state index contributed by atoms with van der Waals surface area (Å²) in [5.74, 6) is 0.161. The molecule has 2 heterocycles. The van der Waals surface area contributed by atoms with E-state index in [1.165, 1.54) is 0 Å². The molecule has 4 heteroatoms. The maximum Gasteiger partial charge on any atom is 0.181 e. The summed E-state index contributed by atoms with van der Waals surface area (Å²) in [6, 6.07) is 8.93. The van der Waals surface area contributed by atoms with Gasteiger partial charge < -0.3 is 4.74 Å². The van der Waals surface area contributed by atoms with Crippen LogP contribution in [0.2, 0.25) is 0 Å². The number of rotatable bonds is 5. The molecule has 0 amide bonds. The summed E-state index contributed by atoms with van der Waals surface area (Å²) in [6.45, 7) is 2.15. The number of sulfone groups is 1. The second kappa shape index (κ2) is 6.09. The van der Waals surface area contributed by atoms with Crippen molar-refractivity contribution in [1.82, 2.24) is 0 Å². The van der Waals surface area contributed by atoms with Crippen LogP contribution in [0.3, 0.4) is 0 Å². The van der Waals surface area contributed by atoms with Crippen molar-refractivity contribution in [2.45, 2.75) is 67.8 Å². The molecule has 0 radical (unpaired) electrons. The molecule has 2 fully saturated rings. The van der Waals surface area contributed by atoms with Gasteiger partial charge in [-0.25, -0.2) is 8.42 Å². The van der Waals surface area contributed by atoms with Crippen LogP contribution in [0, 0.1) is 5.92 Å². The summed E-state index contributed by atoms with van der Waals surface area (Å²) in [5.41, 5.74) is 0. The Morgan fingerprint density at radius 2 is 1.95 bits per heavy atom. The van der Waals surface area contributed by atoms with Gasteiger partial charge in [0.1, 0.15) is 0 Å². The van der Waals surface area contributed by atoms with Gasteiger partial charge in [-0.15, -0.1) is 0 Å². The molecule has 0 aliphatic carbocycles. The average Bonchev–Trinajstić information content (AvgIpc) is 2.89. The predicted molar refractivity (Wildman–Crippen MR) is 82.9 cm³/mol. The van der Waals surface area contributed by atoms with Gasteiger partial charge in [0.25, 0.3) is 0 Å². The van der Waals surface area contributed by atoms with E-state index in [1.54, 1.807) is 12.1 Å². The van der Waals surface area contributed by atoms with Crippen molar-refractivity contribution in [3.63, 3.8) is 0 Å². The van der Waals surface area contributed by atoms with Gasteiger partial charge in [-0.2, -0.15) is 0 Å². The van der Waals surface area contributed by atoms with Gasteiger partial charge in [-0.05, 0) is 37.8 Å². The molecule has 1 aromatic carbocycles. The van der Waals surface area contributed by atoms with E-state index >= 15 is 0 Å². The normalized spacial score (nSPS) is 32.2. The summed E-state index contributed by atoms with van der Waals surface area (Å²) in [4.78, 5) is 0.470. The Morgan fingerprint density at radius 3 is 2.67 bits per heavy atom. The van der Waals surface area contributed by atoms with Crippen LogP contribution in [0.4, 0.5) is 0 Å². The van der Waals surface area contributed by atoms with Crippen molar-refractivity contribution in [3.05, 3.63) is 30.3 Å². The van der Waals surface area contributed by atoms with E-state index < -0.39 is 9.84 Å². The number of unbranched alkanes of at least 4 members (excludes halogenated alkanes) is 1. The molecule has 0 saturated carbocycles. The maximum absolute atomic E-state index is 13.0. The van der Waals surface area contributed by atoms with Crippen LogP contribution in [0.5, 0.6) is 0 Å². The topological polar surface area (TPSA) is 43.4 Å². The Morgan fingerprint density at radius 1 is 1.19 bits per heavy atom. The van der Waals surface area contributed by atoms with Gasteiger partial charge in [-0.3, -0.25) is 0 Å². The fourth-order valence-electron chi connectivity index (χ4n) is 3.85. The quantitative estimate of drug-likeness (QED) is 0.835. The number of ether oxygens (including phenoxy) is 1. The van der Waals surface area contributed by atoms with Gasteiger partial charge in [0.15, 0.2) is 9.84 Å². The molecule has 0 spiro atoms. The van der Waals surface area contributed by atoms with Crippen molar-refractivity contribution >= 4 is 9.84 Å². The van der Waals surface area contributed by atoms with Crippen molar-refractivity contribution in [1.29, 1.82) is 0 Å². The van der Waals surface area contributed by atoms with Crippen LogP contribution in [0.15, 0.2) is 35.2 Å². The molecule has 3 rings (SSSR count). The minimum Gasteiger partial charge on any atom is -0.375 e. The first kappa shape index (κ1) is 15.0. The highest BCUT2D eigenvalue weighted by Crippen LogP contribution is 2.43. The third-order valence-corrected chi connectivity index (χ3v) is 7.22. The summed E-state index contributed by atoms with van der Waals surface area (Å²) >= 11 is 0. The smallest absolute Gasteiger partial charge is 0.181 e.